The normalized spacial score (nSPS) is 11.0. The quantitative estimate of drug-likeness (QED) is 0.312. The second kappa shape index (κ2) is 13.9. The lowest BCUT2D eigenvalue weighted by molar-refractivity contribution is 0.587. The van der Waals surface area contributed by atoms with Crippen LogP contribution >= 0.6 is 0 Å². The summed E-state index contributed by atoms with van der Waals surface area (Å²) >= 11 is 0. The third-order valence-electron chi connectivity index (χ3n) is 4.72. The predicted octanol–water partition coefficient (Wildman–Crippen LogP) is 7.49. The van der Waals surface area contributed by atoms with Crippen molar-refractivity contribution in [1.29, 1.82) is 0 Å². The average molecular weight is 303 g/mol. The summed E-state index contributed by atoms with van der Waals surface area (Å²) in [5, 5.41) is 0. The molecule has 0 nitrogen and oxygen atoms in total. The predicted molar refractivity (Wildman–Crippen MR) is 101 cm³/mol. The molecule has 0 aromatic heterocycles. The van der Waals surface area contributed by atoms with E-state index in [1.54, 1.807) is 11.1 Å². The number of hydrogen-bond donors (Lipinski definition) is 0. The van der Waals surface area contributed by atoms with E-state index in [4.69, 9.17) is 0 Å². The van der Waals surface area contributed by atoms with Gasteiger partial charge in [0.1, 0.15) is 0 Å². The fourth-order valence-electron chi connectivity index (χ4n) is 3.24. The molecule has 1 aromatic carbocycles. The van der Waals surface area contributed by atoms with Crippen LogP contribution in [0.2, 0.25) is 0 Å². The topological polar surface area (TPSA) is 0 Å². The molecule has 0 aliphatic carbocycles. The van der Waals surface area contributed by atoms with E-state index in [9.17, 15) is 0 Å². The van der Waals surface area contributed by atoms with Crippen molar-refractivity contribution in [2.24, 2.45) is 0 Å². The zero-order valence-corrected chi connectivity index (χ0v) is 15.2. The van der Waals surface area contributed by atoms with Gasteiger partial charge < -0.3 is 0 Å². The van der Waals surface area contributed by atoms with Gasteiger partial charge in [-0.2, -0.15) is 0 Å². The van der Waals surface area contributed by atoms with Gasteiger partial charge in [0.15, 0.2) is 0 Å². The van der Waals surface area contributed by atoms with Crippen molar-refractivity contribution < 1.29 is 0 Å². The van der Waals surface area contributed by atoms with Crippen molar-refractivity contribution in [1.82, 2.24) is 0 Å². The van der Waals surface area contributed by atoms with Gasteiger partial charge in [0.05, 0.1) is 0 Å². The summed E-state index contributed by atoms with van der Waals surface area (Å²) < 4.78 is 0. The van der Waals surface area contributed by atoms with Gasteiger partial charge in [-0.1, -0.05) is 102 Å². The highest BCUT2D eigenvalue weighted by Crippen LogP contribution is 2.17. The highest BCUT2D eigenvalue weighted by atomic mass is 14.1. The molecular formula is C22H38. The van der Waals surface area contributed by atoms with Crippen LogP contribution in [0.3, 0.4) is 0 Å². The SMILES string of the molecule is CCCCCCCCCc1ccccc1CCCCCCC. The van der Waals surface area contributed by atoms with E-state index in [2.05, 4.69) is 38.1 Å². The molecule has 0 aliphatic rings. The van der Waals surface area contributed by atoms with Gasteiger partial charge in [0.2, 0.25) is 0 Å². The minimum Gasteiger partial charge on any atom is -0.0654 e. The summed E-state index contributed by atoms with van der Waals surface area (Å²) in [6, 6.07) is 9.15. The molecular weight excluding hydrogens is 264 g/mol. The Hall–Kier alpha value is -0.780. The van der Waals surface area contributed by atoms with E-state index in [0.717, 1.165) is 0 Å². The average Bonchev–Trinajstić information content (AvgIpc) is 2.55. The van der Waals surface area contributed by atoms with Crippen LogP contribution in [0.1, 0.15) is 102 Å². The van der Waals surface area contributed by atoms with Gasteiger partial charge in [-0.25, -0.2) is 0 Å². The molecule has 0 amide bonds. The van der Waals surface area contributed by atoms with Crippen LogP contribution in [-0.4, -0.2) is 0 Å². The summed E-state index contributed by atoms with van der Waals surface area (Å²) in [5.74, 6) is 0. The molecule has 0 radical (unpaired) electrons. The number of rotatable bonds is 14. The fourth-order valence-corrected chi connectivity index (χ4v) is 3.24. The van der Waals surface area contributed by atoms with Crippen LogP contribution in [0.4, 0.5) is 0 Å². The van der Waals surface area contributed by atoms with E-state index >= 15 is 0 Å². The number of benzene rings is 1. The maximum atomic E-state index is 2.36. The summed E-state index contributed by atoms with van der Waals surface area (Å²) in [6.07, 6.45) is 19.4. The first-order valence-electron chi connectivity index (χ1n) is 9.95. The smallest absolute Gasteiger partial charge is 0.0276 e. The monoisotopic (exact) mass is 302 g/mol. The standard InChI is InChI=1S/C22H38/c1-3-5-7-9-10-12-14-18-22-20-16-15-19-21(22)17-13-11-8-6-4-2/h15-16,19-20H,3-14,17-18H2,1-2H3. The Bertz CT molecular complexity index is 353. The molecule has 0 aliphatic heterocycles. The lowest BCUT2D eigenvalue weighted by atomic mass is 9.96. The lowest BCUT2D eigenvalue weighted by Gasteiger charge is -2.09. The Kier molecular flexibility index (Phi) is 12.1. The molecule has 22 heavy (non-hydrogen) atoms. The first-order chi connectivity index (χ1) is 10.9. The zero-order chi connectivity index (χ0) is 15.9. The van der Waals surface area contributed by atoms with Gasteiger partial charge in [0.25, 0.3) is 0 Å². The minimum atomic E-state index is 1.29. The number of unbranched alkanes of at least 4 members (excludes halogenated alkanes) is 10. The van der Waals surface area contributed by atoms with E-state index in [1.807, 2.05) is 0 Å². The van der Waals surface area contributed by atoms with Gasteiger partial charge in [-0.05, 0) is 36.8 Å². The van der Waals surface area contributed by atoms with Crippen molar-refractivity contribution >= 4 is 0 Å². The van der Waals surface area contributed by atoms with Crippen LogP contribution in [0.15, 0.2) is 24.3 Å². The first kappa shape index (κ1) is 19.3. The molecule has 0 atom stereocenters. The minimum absolute atomic E-state index is 1.29. The van der Waals surface area contributed by atoms with Gasteiger partial charge >= 0.3 is 0 Å². The molecule has 0 spiro atoms. The number of hydrogen-bond acceptors (Lipinski definition) is 0. The van der Waals surface area contributed by atoms with Crippen LogP contribution in [0, 0.1) is 0 Å². The summed E-state index contributed by atoms with van der Waals surface area (Å²) in [7, 11) is 0. The van der Waals surface area contributed by atoms with E-state index in [0.29, 0.717) is 0 Å². The molecule has 0 unspecified atom stereocenters. The summed E-state index contributed by atoms with van der Waals surface area (Å²) in [4.78, 5) is 0. The van der Waals surface area contributed by atoms with Gasteiger partial charge in [0, 0.05) is 0 Å². The molecule has 1 rings (SSSR count). The fraction of sp³-hybridized carbons (Fsp3) is 0.727. The van der Waals surface area contributed by atoms with E-state index in [-0.39, 0.29) is 0 Å². The Morgan fingerprint density at radius 1 is 0.500 bits per heavy atom. The molecule has 0 saturated carbocycles. The third-order valence-corrected chi connectivity index (χ3v) is 4.72. The third kappa shape index (κ3) is 9.28. The van der Waals surface area contributed by atoms with Crippen molar-refractivity contribution in [2.45, 2.75) is 104 Å². The Morgan fingerprint density at radius 2 is 0.864 bits per heavy atom. The lowest BCUT2D eigenvalue weighted by Crippen LogP contribution is -1.95. The molecule has 0 fully saturated rings. The van der Waals surface area contributed by atoms with Gasteiger partial charge in [-0.3, -0.25) is 0 Å². The molecule has 1 aromatic rings. The molecule has 0 bridgehead atoms. The molecule has 0 saturated heterocycles. The first-order valence-corrected chi connectivity index (χ1v) is 9.95. The Labute approximate surface area is 139 Å². The molecule has 0 heteroatoms. The summed E-state index contributed by atoms with van der Waals surface area (Å²) in [5.41, 5.74) is 3.23. The van der Waals surface area contributed by atoms with Crippen molar-refractivity contribution in [3.63, 3.8) is 0 Å². The zero-order valence-electron chi connectivity index (χ0n) is 15.2. The largest absolute Gasteiger partial charge is 0.0654 e. The van der Waals surface area contributed by atoms with Crippen LogP contribution in [-0.2, 0) is 12.8 Å². The maximum Gasteiger partial charge on any atom is -0.0276 e. The summed E-state index contributed by atoms with van der Waals surface area (Å²) in [6.45, 7) is 4.58. The Morgan fingerprint density at radius 3 is 1.27 bits per heavy atom. The second-order valence-electron chi connectivity index (χ2n) is 6.80. The molecule has 0 heterocycles. The van der Waals surface area contributed by atoms with Crippen molar-refractivity contribution in [2.75, 3.05) is 0 Å². The second-order valence-corrected chi connectivity index (χ2v) is 6.80. The van der Waals surface area contributed by atoms with Gasteiger partial charge in [-0.15, -0.1) is 0 Å². The van der Waals surface area contributed by atoms with E-state index in [1.165, 1.54) is 89.9 Å². The Balaban J connectivity index is 2.19. The molecule has 126 valence electrons. The van der Waals surface area contributed by atoms with Crippen LogP contribution in [0.25, 0.3) is 0 Å². The van der Waals surface area contributed by atoms with Crippen LogP contribution < -0.4 is 0 Å². The van der Waals surface area contributed by atoms with E-state index < -0.39 is 0 Å². The molecule has 0 N–H and O–H groups in total. The number of aryl methyl sites for hydroxylation is 2. The van der Waals surface area contributed by atoms with Crippen molar-refractivity contribution in [3.05, 3.63) is 35.4 Å². The highest BCUT2D eigenvalue weighted by molar-refractivity contribution is 5.27. The van der Waals surface area contributed by atoms with Crippen molar-refractivity contribution in [3.8, 4) is 0 Å². The maximum absolute atomic E-state index is 2.36. The van der Waals surface area contributed by atoms with Crippen LogP contribution in [0.5, 0.6) is 0 Å². The highest BCUT2D eigenvalue weighted by Gasteiger charge is 2.02.